The van der Waals surface area contributed by atoms with Crippen molar-refractivity contribution in [1.29, 1.82) is 0 Å². The van der Waals surface area contributed by atoms with Crippen LogP contribution in [0.15, 0.2) is 12.7 Å². The van der Waals surface area contributed by atoms with Gasteiger partial charge in [0.25, 0.3) is 0 Å². The summed E-state index contributed by atoms with van der Waals surface area (Å²) in [6.07, 6.45) is -0.744. The highest BCUT2D eigenvalue weighted by Gasteiger charge is 2.50. The zero-order valence-corrected chi connectivity index (χ0v) is 15.8. The van der Waals surface area contributed by atoms with Crippen LogP contribution in [0.4, 0.5) is 0 Å². The number of carbonyl (C=O) groups excluding carboxylic acids is 2. The SMILES string of the molecule is CCC(=O)OC1C(CO)OC(n2cnc3c(OC)ncnc32)C1OC(=O)CC. The number of ether oxygens (including phenoxy) is 4. The highest BCUT2D eigenvalue weighted by atomic mass is 16.6. The molecule has 0 aliphatic carbocycles. The largest absolute Gasteiger partial charge is 0.479 e. The summed E-state index contributed by atoms with van der Waals surface area (Å²) in [5, 5.41) is 9.71. The maximum atomic E-state index is 12.0. The number of imidazole rings is 1. The highest BCUT2D eigenvalue weighted by molar-refractivity contribution is 5.76. The number of nitrogens with zero attached hydrogens (tertiary/aromatic N) is 4. The molecule has 0 spiro atoms. The molecule has 3 rings (SSSR count). The lowest BCUT2D eigenvalue weighted by Crippen LogP contribution is -2.40. The molecule has 1 saturated heterocycles. The topological polar surface area (TPSA) is 135 Å². The number of aromatic nitrogens is 4. The molecule has 0 radical (unpaired) electrons. The second kappa shape index (κ2) is 8.48. The van der Waals surface area contributed by atoms with Crippen molar-refractivity contribution in [3.8, 4) is 5.88 Å². The maximum Gasteiger partial charge on any atom is 0.306 e. The van der Waals surface area contributed by atoms with Crippen molar-refractivity contribution in [1.82, 2.24) is 19.5 Å². The Balaban J connectivity index is 2.02. The summed E-state index contributed by atoms with van der Waals surface area (Å²) < 4.78 is 23.5. The van der Waals surface area contributed by atoms with E-state index < -0.39 is 43.1 Å². The molecule has 0 amide bonds. The van der Waals surface area contributed by atoms with Crippen LogP contribution in [0.25, 0.3) is 11.2 Å². The van der Waals surface area contributed by atoms with Gasteiger partial charge < -0.3 is 24.1 Å². The standard InChI is InChI=1S/C17H22N4O7/c1-4-10(23)27-13-9(6-22)26-17(14(13)28-11(24)5-2)21-8-20-12-15(21)18-7-19-16(12)25-3/h7-9,13-14,17,22H,4-6H2,1-3H3. The molecule has 0 saturated carbocycles. The first kappa shape index (κ1) is 20.0. The molecule has 0 bridgehead atoms. The van der Waals surface area contributed by atoms with E-state index in [9.17, 15) is 14.7 Å². The number of hydrogen-bond donors (Lipinski definition) is 1. The molecule has 11 nitrogen and oxygen atoms in total. The molecular weight excluding hydrogens is 372 g/mol. The summed E-state index contributed by atoms with van der Waals surface area (Å²) in [5.74, 6) is -0.715. The number of fused-ring (bicyclic) bond motifs is 1. The van der Waals surface area contributed by atoms with E-state index in [4.69, 9.17) is 18.9 Å². The van der Waals surface area contributed by atoms with Gasteiger partial charge in [0.05, 0.1) is 20.0 Å². The Hall–Kier alpha value is -2.79. The average molecular weight is 394 g/mol. The minimum absolute atomic E-state index is 0.127. The molecule has 3 heterocycles. The van der Waals surface area contributed by atoms with Crippen LogP contribution >= 0.6 is 0 Å². The summed E-state index contributed by atoms with van der Waals surface area (Å²) in [7, 11) is 1.46. The van der Waals surface area contributed by atoms with Crippen molar-refractivity contribution in [2.45, 2.75) is 51.2 Å². The Bertz CT molecular complexity index is 855. The van der Waals surface area contributed by atoms with E-state index in [0.717, 1.165) is 0 Å². The fourth-order valence-corrected chi connectivity index (χ4v) is 2.98. The van der Waals surface area contributed by atoms with E-state index in [1.54, 1.807) is 13.8 Å². The monoisotopic (exact) mass is 394 g/mol. The van der Waals surface area contributed by atoms with Gasteiger partial charge in [0.1, 0.15) is 12.4 Å². The van der Waals surface area contributed by atoms with Gasteiger partial charge >= 0.3 is 11.9 Å². The van der Waals surface area contributed by atoms with Crippen molar-refractivity contribution in [3.63, 3.8) is 0 Å². The average Bonchev–Trinajstić information content (AvgIpc) is 3.29. The van der Waals surface area contributed by atoms with Crippen molar-refractivity contribution in [2.75, 3.05) is 13.7 Å². The number of esters is 2. The minimum atomic E-state index is -0.988. The predicted molar refractivity (Wildman–Crippen MR) is 93.2 cm³/mol. The van der Waals surface area contributed by atoms with Crippen LogP contribution in [-0.4, -0.2) is 68.6 Å². The van der Waals surface area contributed by atoms with Gasteiger partial charge in [-0.1, -0.05) is 13.8 Å². The van der Waals surface area contributed by atoms with E-state index in [1.807, 2.05) is 0 Å². The third-order valence-electron chi connectivity index (χ3n) is 4.37. The van der Waals surface area contributed by atoms with Crippen LogP contribution in [0, 0.1) is 0 Å². The molecule has 0 aromatic carbocycles. The van der Waals surface area contributed by atoms with Crippen molar-refractivity contribution in [2.24, 2.45) is 0 Å². The van der Waals surface area contributed by atoms with Crippen LogP contribution in [0.1, 0.15) is 32.9 Å². The van der Waals surface area contributed by atoms with Gasteiger partial charge in [-0.05, 0) is 0 Å². The Kier molecular flexibility index (Phi) is 6.05. The quantitative estimate of drug-likeness (QED) is 0.656. The van der Waals surface area contributed by atoms with E-state index >= 15 is 0 Å². The van der Waals surface area contributed by atoms with Crippen molar-refractivity contribution >= 4 is 23.1 Å². The van der Waals surface area contributed by atoms with Gasteiger partial charge in [-0.25, -0.2) is 9.97 Å². The molecule has 152 valence electrons. The first-order valence-corrected chi connectivity index (χ1v) is 8.90. The molecule has 11 heteroatoms. The Morgan fingerprint density at radius 1 is 1.14 bits per heavy atom. The summed E-state index contributed by atoms with van der Waals surface area (Å²) in [5.41, 5.74) is 0.775. The lowest BCUT2D eigenvalue weighted by molar-refractivity contribution is -0.168. The molecule has 28 heavy (non-hydrogen) atoms. The summed E-state index contributed by atoms with van der Waals surface area (Å²) in [6.45, 7) is 2.86. The number of aliphatic hydroxyl groups is 1. The Morgan fingerprint density at radius 3 is 2.43 bits per heavy atom. The smallest absolute Gasteiger partial charge is 0.306 e. The number of carbonyl (C=O) groups is 2. The van der Waals surface area contributed by atoms with Crippen LogP contribution in [0.3, 0.4) is 0 Å². The van der Waals surface area contributed by atoms with Crippen molar-refractivity contribution < 1.29 is 33.6 Å². The van der Waals surface area contributed by atoms with E-state index in [-0.39, 0.29) is 18.7 Å². The second-order valence-corrected chi connectivity index (χ2v) is 6.07. The van der Waals surface area contributed by atoms with Gasteiger partial charge in [0.15, 0.2) is 29.6 Å². The summed E-state index contributed by atoms with van der Waals surface area (Å²) >= 11 is 0. The van der Waals surface area contributed by atoms with Crippen LogP contribution in [-0.2, 0) is 23.8 Å². The van der Waals surface area contributed by atoms with Gasteiger partial charge in [0, 0.05) is 12.8 Å². The van der Waals surface area contributed by atoms with Gasteiger partial charge in [0.2, 0.25) is 5.88 Å². The molecule has 2 aromatic rings. The first-order valence-electron chi connectivity index (χ1n) is 8.90. The lowest BCUT2D eigenvalue weighted by atomic mass is 10.1. The zero-order chi connectivity index (χ0) is 20.3. The van der Waals surface area contributed by atoms with Crippen molar-refractivity contribution in [3.05, 3.63) is 12.7 Å². The van der Waals surface area contributed by atoms with Crippen LogP contribution in [0.2, 0.25) is 0 Å². The fourth-order valence-electron chi connectivity index (χ4n) is 2.98. The molecule has 4 atom stereocenters. The van der Waals surface area contributed by atoms with Gasteiger partial charge in [-0.3, -0.25) is 14.2 Å². The highest BCUT2D eigenvalue weighted by Crippen LogP contribution is 2.36. The normalized spacial score (nSPS) is 24.3. The lowest BCUT2D eigenvalue weighted by Gasteiger charge is -2.24. The molecule has 1 N–H and O–H groups in total. The van der Waals surface area contributed by atoms with E-state index in [0.29, 0.717) is 11.2 Å². The molecule has 1 aliphatic heterocycles. The zero-order valence-electron chi connectivity index (χ0n) is 15.8. The number of hydrogen-bond acceptors (Lipinski definition) is 10. The Labute approximate surface area is 160 Å². The first-order chi connectivity index (χ1) is 13.5. The third-order valence-corrected chi connectivity index (χ3v) is 4.37. The van der Waals surface area contributed by atoms with E-state index in [2.05, 4.69) is 15.0 Å². The molecule has 2 aromatic heterocycles. The molecular formula is C17H22N4O7. The Morgan fingerprint density at radius 2 is 1.82 bits per heavy atom. The maximum absolute atomic E-state index is 12.0. The second-order valence-electron chi connectivity index (χ2n) is 6.07. The minimum Gasteiger partial charge on any atom is -0.479 e. The van der Waals surface area contributed by atoms with Crippen LogP contribution in [0.5, 0.6) is 5.88 Å². The number of rotatable bonds is 7. The van der Waals surface area contributed by atoms with Gasteiger partial charge in [-0.15, -0.1) is 0 Å². The van der Waals surface area contributed by atoms with Gasteiger partial charge in [-0.2, -0.15) is 4.98 Å². The summed E-state index contributed by atoms with van der Waals surface area (Å²) in [4.78, 5) is 36.3. The molecule has 1 fully saturated rings. The fraction of sp³-hybridized carbons (Fsp3) is 0.588. The summed E-state index contributed by atoms with van der Waals surface area (Å²) in [6, 6.07) is 0. The number of methoxy groups -OCH3 is 1. The molecule has 4 unspecified atom stereocenters. The van der Waals surface area contributed by atoms with Crippen LogP contribution < -0.4 is 4.74 Å². The third kappa shape index (κ3) is 3.62. The predicted octanol–water partition coefficient (Wildman–Crippen LogP) is 0.368. The number of aliphatic hydroxyl groups excluding tert-OH is 1. The molecule has 1 aliphatic rings. The van der Waals surface area contributed by atoms with E-state index in [1.165, 1.54) is 24.3 Å².